The molecule has 3 fully saturated rings. The lowest BCUT2D eigenvalue weighted by atomic mass is 9.88. The van der Waals surface area contributed by atoms with Crippen LogP contribution in [-0.2, 0) is 24.4 Å². The van der Waals surface area contributed by atoms with E-state index in [1.807, 2.05) is 25.1 Å². The minimum absolute atomic E-state index is 0.0361. The molecule has 51 heavy (non-hydrogen) atoms. The summed E-state index contributed by atoms with van der Waals surface area (Å²) >= 11 is 0. The Morgan fingerprint density at radius 2 is 1.88 bits per heavy atom. The molecule has 2 saturated carbocycles. The molecule has 4 aliphatic rings. The molecule has 4 N–H and O–H groups in total. The van der Waals surface area contributed by atoms with Gasteiger partial charge in [0.15, 0.2) is 0 Å². The molecule has 6 rings (SSSR count). The Kier molecular flexibility index (Phi) is 9.92. The van der Waals surface area contributed by atoms with Gasteiger partial charge in [-0.15, -0.1) is 0 Å². The van der Waals surface area contributed by atoms with Crippen LogP contribution in [0.25, 0.3) is 10.8 Å². The van der Waals surface area contributed by atoms with Crippen molar-refractivity contribution in [3.8, 4) is 11.6 Å². The molecule has 2 aliphatic heterocycles. The van der Waals surface area contributed by atoms with Gasteiger partial charge in [0.25, 0.3) is 5.91 Å². The van der Waals surface area contributed by atoms with Gasteiger partial charge in [-0.1, -0.05) is 44.2 Å². The van der Waals surface area contributed by atoms with E-state index in [0.717, 1.165) is 5.39 Å². The highest BCUT2D eigenvalue weighted by molar-refractivity contribution is 7.91. The second-order valence-corrected chi connectivity index (χ2v) is 16.5. The Balaban J connectivity index is 1.34. The number of benzene rings is 1. The summed E-state index contributed by atoms with van der Waals surface area (Å²) in [5.41, 5.74) is -1.66. The molecule has 16 heteroatoms. The maximum atomic E-state index is 14.3. The Labute approximate surface area is 295 Å². The normalized spacial score (nSPS) is 30.5. The molecular weight excluding hydrogens is 685 g/mol. The predicted octanol–water partition coefficient (Wildman–Crippen LogP) is 3.06. The molecule has 0 bridgehead atoms. The number of halogens is 1. The van der Waals surface area contributed by atoms with Gasteiger partial charge in [0.05, 0.1) is 19.9 Å². The number of fused-ring (bicyclic) bond motifs is 3. The van der Waals surface area contributed by atoms with E-state index < -0.39 is 80.8 Å². The summed E-state index contributed by atoms with van der Waals surface area (Å²) < 4.78 is 52.1. The van der Waals surface area contributed by atoms with Gasteiger partial charge in [-0.2, -0.15) is 0 Å². The highest BCUT2D eigenvalue weighted by Gasteiger charge is 2.64. The van der Waals surface area contributed by atoms with E-state index in [-0.39, 0.29) is 44.0 Å². The van der Waals surface area contributed by atoms with Crippen molar-refractivity contribution in [2.24, 2.45) is 17.8 Å². The van der Waals surface area contributed by atoms with E-state index in [0.29, 0.717) is 30.4 Å². The van der Waals surface area contributed by atoms with Crippen LogP contribution in [0, 0.1) is 17.8 Å². The Morgan fingerprint density at radius 1 is 1.16 bits per heavy atom. The van der Waals surface area contributed by atoms with Crippen LogP contribution in [0.3, 0.4) is 0 Å². The number of carbonyl (C=O) groups excluding carboxylic acids is 3. The zero-order chi connectivity index (χ0) is 36.7. The summed E-state index contributed by atoms with van der Waals surface area (Å²) in [5.74, 6) is -2.47. The number of hydrogen-bond donors (Lipinski definition) is 4. The van der Waals surface area contributed by atoms with Crippen LogP contribution in [0.4, 0.5) is 9.18 Å². The van der Waals surface area contributed by atoms with Gasteiger partial charge in [-0.3, -0.25) is 19.1 Å². The molecule has 1 saturated heterocycles. The minimum atomic E-state index is -4.38. The molecular formula is C35H44FN5O9S. The fourth-order valence-electron chi connectivity index (χ4n) is 7.44. The topological polar surface area (TPSA) is 193 Å². The summed E-state index contributed by atoms with van der Waals surface area (Å²) in [5, 5.41) is 16.2. The van der Waals surface area contributed by atoms with Crippen molar-refractivity contribution in [3.63, 3.8) is 0 Å². The molecule has 0 radical (unpaired) electrons. The molecule has 7 unspecified atom stereocenters. The number of methoxy groups -OCH3 is 1. The number of carbonyl (C=O) groups is 4. The third-order valence-corrected chi connectivity index (χ3v) is 12.9. The van der Waals surface area contributed by atoms with E-state index in [1.165, 1.54) is 18.2 Å². The number of amides is 4. The van der Waals surface area contributed by atoms with Crippen molar-refractivity contribution in [2.45, 2.75) is 87.3 Å². The fourth-order valence-corrected chi connectivity index (χ4v) is 8.86. The summed E-state index contributed by atoms with van der Waals surface area (Å²) in [6, 6.07) is 4.88. The smallest absolute Gasteiger partial charge is 0.405 e. The summed E-state index contributed by atoms with van der Waals surface area (Å²) in [4.78, 5) is 60.0. The van der Waals surface area contributed by atoms with Crippen LogP contribution in [0.1, 0.15) is 58.8 Å². The van der Waals surface area contributed by atoms with Gasteiger partial charge in [0.1, 0.15) is 40.9 Å². The van der Waals surface area contributed by atoms with E-state index in [9.17, 15) is 37.1 Å². The average molecular weight is 730 g/mol. The molecule has 2 aliphatic carbocycles. The van der Waals surface area contributed by atoms with Crippen LogP contribution in [0.5, 0.6) is 11.6 Å². The number of sulfonamides is 1. The molecule has 276 valence electrons. The number of carboxylic acid groups (broad SMARTS) is 1. The van der Waals surface area contributed by atoms with E-state index >= 15 is 0 Å². The first-order valence-electron chi connectivity index (χ1n) is 17.2. The molecule has 4 amide bonds. The summed E-state index contributed by atoms with van der Waals surface area (Å²) in [6.45, 7) is 2.55. The standard InChI is InChI=1S/C35H44FN5O9S/c1-20-8-4-5-9-22-16-35(22,32(44)40-51(47,48)34(19-36)12-13-34)39-29(42)26-15-23(18-41(26)31(43)28(21(2)14-20)38-33(45)46)50-30-25-11-7-6-10-24(25)27(49-3)17-37-30/h5-7,9-11,17,20-23,26,28,38H,4,8,12-16,18-19H2,1-3H3,(H,39,42)(H,40,44)(H,45,46). The second kappa shape index (κ2) is 13.9. The van der Waals surface area contributed by atoms with Gasteiger partial charge < -0.3 is 30.1 Å². The van der Waals surface area contributed by atoms with Crippen LogP contribution < -0.4 is 24.8 Å². The number of nitrogens with one attached hydrogen (secondary N) is 3. The van der Waals surface area contributed by atoms with Crippen LogP contribution in [0.2, 0.25) is 0 Å². The zero-order valence-corrected chi connectivity index (χ0v) is 29.6. The molecule has 14 nitrogen and oxygen atoms in total. The molecule has 1 aromatic carbocycles. The van der Waals surface area contributed by atoms with Gasteiger partial charge in [0, 0.05) is 23.1 Å². The number of pyridine rings is 1. The van der Waals surface area contributed by atoms with Crippen molar-refractivity contribution in [2.75, 3.05) is 20.3 Å². The number of nitrogens with zero attached hydrogens (tertiary/aromatic N) is 2. The third kappa shape index (κ3) is 7.06. The average Bonchev–Trinajstić information content (AvgIpc) is 4.00. The maximum Gasteiger partial charge on any atom is 0.405 e. The van der Waals surface area contributed by atoms with Crippen molar-refractivity contribution in [1.29, 1.82) is 0 Å². The monoisotopic (exact) mass is 729 g/mol. The van der Waals surface area contributed by atoms with Gasteiger partial charge in [-0.05, 0) is 56.4 Å². The number of allylic oxidation sites excluding steroid dienone is 1. The van der Waals surface area contributed by atoms with Crippen molar-refractivity contribution < 1.29 is 46.6 Å². The van der Waals surface area contributed by atoms with E-state index in [2.05, 4.69) is 20.3 Å². The molecule has 3 heterocycles. The first-order valence-corrected chi connectivity index (χ1v) is 18.7. The number of hydrogen-bond acceptors (Lipinski definition) is 9. The van der Waals surface area contributed by atoms with Crippen molar-refractivity contribution >= 4 is 44.6 Å². The number of rotatable bonds is 8. The fraction of sp³-hybridized carbons (Fsp3) is 0.571. The lowest BCUT2D eigenvalue weighted by Gasteiger charge is -2.32. The number of aromatic nitrogens is 1. The Hall–Kier alpha value is -4.47. The first kappa shape index (κ1) is 36.3. The highest BCUT2D eigenvalue weighted by atomic mass is 32.2. The van der Waals surface area contributed by atoms with Crippen LogP contribution >= 0.6 is 0 Å². The molecule has 2 aromatic rings. The van der Waals surface area contributed by atoms with Gasteiger partial charge >= 0.3 is 6.09 Å². The minimum Gasteiger partial charge on any atom is -0.494 e. The van der Waals surface area contributed by atoms with Crippen LogP contribution in [-0.4, -0.2) is 96.0 Å². The lowest BCUT2D eigenvalue weighted by Crippen LogP contribution is -2.59. The number of ether oxygens (including phenoxy) is 2. The second-order valence-electron chi connectivity index (χ2n) is 14.4. The van der Waals surface area contributed by atoms with Crippen molar-refractivity contribution in [1.82, 2.24) is 25.2 Å². The zero-order valence-electron chi connectivity index (χ0n) is 28.8. The Morgan fingerprint density at radius 3 is 2.55 bits per heavy atom. The first-order chi connectivity index (χ1) is 24.2. The molecule has 0 spiro atoms. The maximum absolute atomic E-state index is 14.3. The SMILES string of the molecule is COc1cnc(OC2CC3C(=O)NC4(C(=O)NS(=O)(=O)C5(CF)CC5)CC4C=CCCC(C)CC(C)C(NC(=O)O)C(=O)N3C2)c2ccccc12. The molecule has 1 aromatic heterocycles. The summed E-state index contributed by atoms with van der Waals surface area (Å²) in [6.07, 6.45) is 5.03. The lowest BCUT2D eigenvalue weighted by molar-refractivity contribution is -0.142. The third-order valence-electron chi connectivity index (χ3n) is 10.8. The largest absolute Gasteiger partial charge is 0.494 e. The number of alkyl halides is 1. The van der Waals surface area contributed by atoms with Gasteiger partial charge in [0.2, 0.25) is 27.7 Å². The van der Waals surface area contributed by atoms with E-state index in [4.69, 9.17) is 9.47 Å². The quantitative estimate of drug-likeness (QED) is 0.294. The van der Waals surface area contributed by atoms with E-state index in [1.54, 1.807) is 25.1 Å². The van der Waals surface area contributed by atoms with Gasteiger partial charge in [-0.25, -0.2) is 22.6 Å². The summed E-state index contributed by atoms with van der Waals surface area (Å²) in [7, 11) is -2.86. The predicted molar refractivity (Wildman–Crippen MR) is 183 cm³/mol. The molecule has 7 atom stereocenters. The Bertz CT molecular complexity index is 1850. The van der Waals surface area contributed by atoms with Crippen LogP contribution in [0.15, 0.2) is 42.6 Å². The van der Waals surface area contributed by atoms with Crippen molar-refractivity contribution in [3.05, 3.63) is 42.6 Å². The highest BCUT2D eigenvalue weighted by Crippen LogP contribution is 2.48.